The van der Waals surface area contributed by atoms with Crippen LogP contribution in [0.1, 0.15) is 21.7 Å². The largest absolute Gasteiger partial charge is 0.464 e. The Morgan fingerprint density at radius 1 is 1.33 bits per heavy atom. The summed E-state index contributed by atoms with van der Waals surface area (Å²) in [5.74, 6) is -0.784. The number of aromatic nitrogens is 2. The van der Waals surface area contributed by atoms with Gasteiger partial charge in [-0.05, 0) is 29.9 Å². The van der Waals surface area contributed by atoms with E-state index in [0.29, 0.717) is 22.6 Å². The Balaban J connectivity index is 2.31. The Morgan fingerprint density at radius 2 is 2.00 bits per heavy atom. The first-order valence-corrected chi connectivity index (χ1v) is 5.65. The van der Waals surface area contributed by atoms with E-state index in [0.717, 1.165) is 5.56 Å². The van der Waals surface area contributed by atoms with Crippen molar-refractivity contribution in [2.45, 2.75) is 6.42 Å². The number of carbonyl (C=O) groups is 1. The summed E-state index contributed by atoms with van der Waals surface area (Å²) in [6.45, 7) is 0. The van der Waals surface area contributed by atoms with E-state index in [9.17, 15) is 9.18 Å². The smallest absolute Gasteiger partial charge is 0.356 e. The number of halogens is 1. The van der Waals surface area contributed by atoms with Gasteiger partial charge >= 0.3 is 5.97 Å². The lowest BCUT2D eigenvalue weighted by atomic mass is 10.1. The van der Waals surface area contributed by atoms with Crippen molar-refractivity contribution >= 4 is 18.2 Å². The van der Waals surface area contributed by atoms with Crippen molar-refractivity contribution in [2.75, 3.05) is 7.11 Å². The summed E-state index contributed by atoms with van der Waals surface area (Å²) < 4.78 is 17.8. The van der Waals surface area contributed by atoms with Crippen molar-refractivity contribution in [1.82, 2.24) is 9.97 Å². The molecule has 1 heterocycles. The molecule has 6 heteroatoms. The number of ether oxygens (including phenoxy) is 1. The van der Waals surface area contributed by atoms with Crippen molar-refractivity contribution in [1.29, 1.82) is 0 Å². The summed E-state index contributed by atoms with van der Waals surface area (Å²) in [6.07, 6.45) is 0.442. The van der Waals surface area contributed by atoms with Gasteiger partial charge in [0, 0.05) is 6.42 Å². The van der Waals surface area contributed by atoms with Crippen LogP contribution in [0, 0.1) is 10.6 Å². The van der Waals surface area contributed by atoms with Gasteiger partial charge in [-0.2, -0.15) is 0 Å². The molecule has 0 fully saturated rings. The third-order valence-corrected chi connectivity index (χ3v) is 2.69. The lowest BCUT2D eigenvalue weighted by molar-refractivity contribution is 0.0593. The average molecular weight is 266 g/mol. The van der Waals surface area contributed by atoms with E-state index >= 15 is 0 Å². The quantitative estimate of drug-likeness (QED) is 0.663. The molecular weight excluding hydrogens is 255 g/mol. The van der Waals surface area contributed by atoms with E-state index in [-0.39, 0.29) is 5.82 Å². The monoisotopic (exact) mass is 266 g/mol. The van der Waals surface area contributed by atoms with Gasteiger partial charge in [0.05, 0.1) is 12.8 Å². The molecule has 1 aromatic heterocycles. The number of hydrogen-bond acceptors (Lipinski definition) is 3. The Bertz CT molecular complexity index is 616. The van der Waals surface area contributed by atoms with Crippen LogP contribution in [0.3, 0.4) is 0 Å². The molecular formula is C12H11FN2O2S. The van der Waals surface area contributed by atoms with Crippen LogP contribution in [0.15, 0.2) is 24.3 Å². The highest BCUT2D eigenvalue weighted by Gasteiger charge is 2.14. The third-order valence-electron chi connectivity index (χ3n) is 2.49. The highest BCUT2D eigenvalue weighted by atomic mass is 32.1. The van der Waals surface area contributed by atoms with Crippen LogP contribution in [-0.4, -0.2) is 23.0 Å². The standard InChI is InChI=1S/C12H11FN2O2S/c1-17-11(16)10-9(14-12(18)15-10)6-7-2-4-8(13)5-3-7/h2-5H,6H2,1H3,(H2,14,15,18). The second-order valence-corrected chi connectivity index (χ2v) is 4.14. The van der Waals surface area contributed by atoms with Crippen molar-refractivity contribution in [3.05, 3.63) is 51.8 Å². The highest BCUT2D eigenvalue weighted by Crippen LogP contribution is 2.13. The predicted molar refractivity (Wildman–Crippen MR) is 66.5 cm³/mol. The van der Waals surface area contributed by atoms with E-state index in [4.69, 9.17) is 12.2 Å². The molecule has 0 saturated carbocycles. The third kappa shape index (κ3) is 2.65. The summed E-state index contributed by atoms with van der Waals surface area (Å²) >= 11 is 4.95. The molecule has 0 unspecified atom stereocenters. The lowest BCUT2D eigenvalue weighted by Gasteiger charge is -2.02. The van der Waals surface area contributed by atoms with Crippen LogP contribution in [0.25, 0.3) is 0 Å². The minimum absolute atomic E-state index is 0.297. The molecule has 2 rings (SSSR count). The van der Waals surface area contributed by atoms with Crippen molar-refractivity contribution in [3.8, 4) is 0 Å². The number of esters is 1. The Hall–Kier alpha value is -1.95. The molecule has 0 aliphatic rings. The van der Waals surface area contributed by atoms with Gasteiger partial charge < -0.3 is 14.7 Å². The van der Waals surface area contributed by atoms with Crippen LogP contribution in [0.2, 0.25) is 0 Å². The number of carbonyl (C=O) groups excluding carboxylic acids is 1. The molecule has 0 amide bonds. The molecule has 4 nitrogen and oxygen atoms in total. The Labute approximate surface area is 108 Å². The summed E-state index contributed by atoms with van der Waals surface area (Å²) in [5, 5.41) is 0. The first-order valence-electron chi connectivity index (χ1n) is 5.24. The van der Waals surface area contributed by atoms with Crippen LogP contribution in [-0.2, 0) is 11.2 Å². The van der Waals surface area contributed by atoms with Gasteiger partial charge in [0.15, 0.2) is 4.77 Å². The average Bonchev–Trinajstić information content (AvgIpc) is 2.72. The number of nitrogens with one attached hydrogen (secondary N) is 2. The highest BCUT2D eigenvalue weighted by molar-refractivity contribution is 7.71. The molecule has 0 bridgehead atoms. The topological polar surface area (TPSA) is 57.9 Å². The molecule has 2 N–H and O–H groups in total. The number of hydrogen-bond donors (Lipinski definition) is 2. The van der Waals surface area contributed by atoms with Crippen molar-refractivity contribution in [2.24, 2.45) is 0 Å². The van der Waals surface area contributed by atoms with Crippen LogP contribution in [0.5, 0.6) is 0 Å². The van der Waals surface area contributed by atoms with Crippen LogP contribution in [0.4, 0.5) is 4.39 Å². The fraction of sp³-hybridized carbons (Fsp3) is 0.167. The molecule has 18 heavy (non-hydrogen) atoms. The zero-order valence-corrected chi connectivity index (χ0v) is 10.4. The van der Waals surface area contributed by atoms with Crippen molar-refractivity contribution < 1.29 is 13.9 Å². The molecule has 0 radical (unpaired) electrons. The molecule has 2 aromatic rings. The number of rotatable bonds is 3. The predicted octanol–water partition coefficient (Wildman–Crippen LogP) is 2.59. The second-order valence-electron chi connectivity index (χ2n) is 3.73. The lowest BCUT2D eigenvalue weighted by Crippen LogP contribution is -2.06. The van der Waals surface area contributed by atoms with Gasteiger partial charge in [0.1, 0.15) is 11.5 Å². The van der Waals surface area contributed by atoms with Gasteiger partial charge in [-0.3, -0.25) is 0 Å². The second kappa shape index (κ2) is 5.14. The van der Waals surface area contributed by atoms with Crippen LogP contribution >= 0.6 is 12.2 Å². The number of aromatic amines is 2. The van der Waals surface area contributed by atoms with Gasteiger partial charge in [-0.25, -0.2) is 9.18 Å². The summed E-state index contributed by atoms with van der Waals surface area (Å²) in [5.41, 5.74) is 1.79. The summed E-state index contributed by atoms with van der Waals surface area (Å²) in [7, 11) is 1.30. The molecule has 0 saturated heterocycles. The molecule has 94 valence electrons. The van der Waals surface area contributed by atoms with E-state index in [1.807, 2.05) is 0 Å². The zero-order valence-electron chi connectivity index (χ0n) is 9.62. The fourth-order valence-corrected chi connectivity index (χ4v) is 1.86. The normalized spacial score (nSPS) is 10.3. The van der Waals surface area contributed by atoms with Gasteiger partial charge in [-0.1, -0.05) is 12.1 Å². The number of benzene rings is 1. The molecule has 0 aliphatic carbocycles. The van der Waals surface area contributed by atoms with Gasteiger partial charge in [0.2, 0.25) is 0 Å². The molecule has 1 aromatic carbocycles. The maximum Gasteiger partial charge on any atom is 0.356 e. The maximum absolute atomic E-state index is 12.8. The molecule has 0 spiro atoms. The fourth-order valence-electron chi connectivity index (χ4n) is 1.64. The van der Waals surface area contributed by atoms with Crippen LogP contribution < -0.4 is 0 Å². The first kappa shape index (κ1) is 12.5. The number of methoxy groups -OCH3 is 1. The van der Waals surface area contributed by atoms with E-state index in [2.05, 4.69) is 14.7 Å². The van der Waals surface area contributed by atoms with Gasteiger partial charge in [0.25, 0.3) is 0 Å². The zero-order chi connectivity index (χ0) is 13.1. The van der Waals surface area contributed by atoms with E-state index in [1.54, 1.807) is 12.1 Å². The van der Waals surface area contributed by atoms with E-state index < -0.39 is 5.97 Å². The number of imidazole rings is 1. The van der Waals surface area contributed by atoms with E-state index in [1.165, 1.54) is 19.2 Å². The Kier molecular flexibility index (Phi) is 3.57. The molecule has 0 atom stereocenters. The summed E-state index contributed by atoms with van der Waals surface area (Å²) in [6, 6.07) is 6.05. The molecule has 0 aliphatic heterocycles. The minimum Gasteiger partial charge on any atom is -0.464 e. The summed E-state index contributed by atoms with van der Waals surface area (Å²) in [4.78, 5) is 17.1. The minimum atomic E-state index is -0.487. The first-order chi connectivity index (χ1) is 8.60. The number of H-pyrrole nitrogens is 2. The Morgan fingerprint density at radius 3 is 2.61 bits per heavy atom. The van der Waals surface area contributed by atoms with Gasteiger partial charge in [-0.15, -0.1) is 0 Å². The maximum atomic E-state index is 12.8. The van der Waals surface area contributed by atoms with Crippen molar-refractivity contribution in [3.63, 3.8) is 0 Å². The SMILES string of the molecule is COC(=O)c1[nH]c(=S)[nH]c1Cc1ccc(F)cc1.